The molecule has 152 valence electrons. The van der Waals surface area contributed by atoms with Gasteiger partial charge in [0.05, 0.1) is 23.7 Å². The number of amides is 1. The van der Waals surface area contributed by atoms with Crippen molar-refractivity contribution >= 4 is 50.5 Å². The van der Waals surface area contributed by atoms with Gasteiger partial charge in [-0.1, -0.05) is 34.1 Å². The molecule has 5 nitrogen and oxygen atoms in total. The van der Waals surface area contributed by atoms with Crippen molar-refractivity contribution in [1.82, 2.24) is 9.47 Å². The zero-order valence-corrected chi connectivity index (χ0v) is 18.8. The molecule has 1 aromatic heterocycles. The summed E-state index contributed by atoms with van der Waals surface area (Å²) in [4.78, 5) is 20.1. The molecule has 1 saturated heterocycles. The molecule has 2 heterocycles. The number of rotatable bonds is 6. The number of carbonyl (C=O) groups is 1. The van der Waals surface area contributed by atoms with E-state index in [0.29, 0.717) is 23.2 Å². The first kappa shape index (κ1) is 20.7. The molecule has 3 aromatic rings. The average molecular weight is 482 g/mol. The number of thioether (sulfide) groups is 1. The van der Waals surface area contributed by atoms with Crippen LogP contribution in [0.1, 0.15) is 5.69 Å². The number of methoxy groups -OCH3 is 1. The predicted octanol–water partition coefficient (Wildman–Crippen LogP) is 5.49. The fourth-order valence-corrected chi connectivity index (χ4v) is 4.34. The first-order valence-corrected chi connectivity index (χ1v) is 11.0. The van der Waals surface area contributed by atoms with Gasteiger partial charge in [-0.15, -0.1) is 0 Å². The van der Waals surface area contributed by atoms with Gasteiger partial charge in [0, 0.05) is 29.2 Å². The number of benzene rings is 2. The van der Waals surface area contributed by atoms with Crippen molar-refractivity contribution in [3.8, 4) is 5.69 Å². The number of aliphatic imine (C=N–C) groups is 1. The lowest BCUT2D eigenvalue weighted by Crippen LogP contribution is -2.32. The van der Waals surface area contributed by atoms with Gasteiger partial charge in [0.25, 0.3) is 5.91 Å². The minimum absolute atomic E-state index is 0.0599. The van der Waals surface area contributed by atoms with E-state index >= 15 is 0 Å². The van der Waals surface area contributed by atoms with Crippen LogP contribution in [0.25, 0.3) is 11.8 Å². The highest BCUT2D eigenvalue weighted by molar-refractivity contribution is 9.10. The lowest BCUT2D eigenvalue weighted by Gasteiger charge is -2.14. The number of hydrogen-bond donors (Lipinski definition) is 0. The van der Waals surface area contributed by atoms with Gasteiger partial charge in [-0.3, -0.25) is 9.69 Å². The van der Waals surface area contributed by atoms with Gasteiger partial charge >= 0.3 is 0 Å². The highest BCUT2D eigenvalue weighted by Crippen LogP contribution is 2.34. The SMILES string of the molecule is COCCN1C(=O)C(=Cc2cccn2-c2ccc(Br)cc2)SC1=Nc1ccccc1. The van der Waals surface area contributed by atoms with Crippen LogP contribution in [0, 0.1) is 0 Å². The summed E-state index contributed by atoms with van der Waals surface area (Å²) in [6.07, 6.45) is 3.91. The summed E-state index contributed by atoms with van der Waals surface area (Å²) in [7, 11) is 1.63. The van der Waals surface area contributed by atoms with Crippen molar-refractivity contribution in [2.45, 2.75) is 0 Å². The maximum absolute atomic E-state index is 13.1. The molecule has 2 aromatic carbocycles. The van der Waals surface area contributed by atoms with Crippen LogP contribution in [0.5, 0.6) is 0 Å². The van der Waals surface area contributed by atoms with E-state index in [1.54, 1.807) is 12.0 Å². The van der Waals surface area contributed by atoms with Crippen molar-refractivity contribution in [1.29, 1.82) is 0 Å². The molecule has 0 bridgehead atoms. The van der Waals surface area contributed by atoms with Crippen molar-refractivity contribution in [2.24, 2.45) is 4.99 Å². The molecular formula is C23H20BrN3O2S. The number of aromatic nitrogens is 1. The zero-order valence-electron chi connectivity index (χ0n) is 16.4. The van der Waals surface area contributed by atoms with Gasteiger partial charge in [-0.2, -0.15) is 0 Å². The standard InChI is InChI=1S/C23H20BrN3O2S/c1-29-15-14-27-22(28)21(30-23(27)25-18-6-3-2-4-7-18)16-20-8-5-13-26(20)19-11-9-17(24)10-12-19/h2-13,16H,14-15H2,1H3. The first-order chi connectivity index (χ1) is 14.7. The Labute approximate surface area is 188 Å². The van der Waals surface area contributed by atoms with E-state index in [1.807, 2.05) is 79.0 Å². The lowest BCUT2D eigenvalue weighted by molar-refractivity contribution is -0.122. The van der Waals surface area contributed by atoms with E-state index < -0.39 is 0 Å². The summed E-state index contributed by atoms with van der Waals surface area (Å²) in [6, 6.07) is 21.7. The quantitative estimate of drug-likeness (QED) is 0.437. The van der Waals surface area contributed by atoms with Crippen LogP contribution in [0.15, 0.2) is 87.3 Å². The molecule has 0 atom stereocenters. The Balaban J connectivity index is 1.67. The van der Waals surface area contributed by atoms with Gasteiger partial charge in [0.2, 0.25) is 0 Å². The van der Waals surface area contributed by atoms with Crippen molar-refractivity contribution in [3.63, 3.8) is 0 Å². The number of ether oxygens (including phenoxy) is 1. The second-order valence-corrected chi connectivity index (χ2v) is 8.49. The average Bonchev–Trinajstić information content (AvgIpc) is 3.33. The predicted molar refractivity (Wildman–Crippen MR) is 126 cm³/mol. The van der Waals surface area contributed by atoms with E-state index in [2.05, 4.69) is 25.5 Å². The second kappa shape index (κ2) is 9.47. The Morgan fingerprint density at radius 3 is 2.57 bits per heavy atom. The minimum atomic E-state index is -0.0599. The van der Waals surface area contributed by atoms with Crippen molar-refractivity contribution in [2.75, 3.05) is 20.3 Å². The largest absolute Gasteiger partial charge is 0.383 e. The number of hydrogen-bond acceptors (Lipinski definition) is 4. The molecule has 0 saturated carbocycles. The molecule has 7 heteroatoms. The number of para-hydroxylation sites is 1. The van der Waals surface area contributed by atoms with Gasteiger partial charge < -0.3 is 9.30 Å². The third kappa shape index (κ3) is 4.59. The number of halogens is 1. The molecule has 0 radical (unpaired) electrons. The van der Waals surface area contributed by atoms with E-state index in [1.165, 1.54) is 11.8 Å². The van der Waals surface area contributed by atoms with Crippen LogP contribution >= 0.6 is 27.7 Å². The number of carbonyl (C=O) groups excluding carboxylic acids is 1. The van der Waals surface area contributed by atoms with Crippen LogP contribution in [-0.2, 0) is 9.53 Å². The molecule has 0 unspecified atom stereocenters. The van der Waals surface area contributed by atoms with Crippen molar-refractivity contribution in [3.05, 3.63) is 88.0 Å². The van der Waals surface area contributed by atoms with Gasteiger partial charge in [0.15, 0.2) is 5.17 Å². The minimum Gasteiger partial charge on any atom is -0.383 e. The summed E-state index contributed by atoms with van der Waals surface area (Å²) >= 11 is 4.86. The Bertz CT molecular complexity index is 1090. The van der Waals surface area contributed by atoms with Crippen LogP contribution in [0.2, 0.25) is 0 Å². The van der Waals surface area contributed by atoms with Crippen LogP contribution in [0.3, 0.4) is 0 Å². The Hall–Kier alpha value is -2.61. The van der Waals surface area contributed by atoms with Crippen molar-refractivity contribution < 1.29 is 9.53 Å². The van der Waals surface area contributed by atoms with Crippen LogP contribution in [-0.4, -0.2) is 40.8 Å². The third-order valence-corrected chi connectivity index (χ3v) is 6.09. The lowest BCUT2D eigenvalue weighted by atomic mass is 10.3. The molecule has 30 heavy (non-hydrogen) atoms. The fraction of sp³-hybridized carbons (Fsp3) is 0.130. The first-order valence-electron chi connectivity index (χ1n) is 9.43. The fourth-order valence-electron chi connectivity index (χ4n) is 3.07. The molecule has 1 aliphatic rings. The summed E-state index contributed by atoms with van der Waals surface area (Å²) in [5.74, 6) is -0.0599. The maximum Gasteiger partial charge on any atom is 0.266 e. The highest BCUT2D eigenvalue weighted by Gasteiger charge is 2.33. The molecule has 1 fully saturated rings. The molecule has 1 aliphatic heterocycles. The summed E-state index contributed by atoms with van der Waals surface area (Å²) in [5, 5.41) is 0.663. The number of amidine groups is 1. The zero-order chi connectivity index (χ0) is 20.9. The summed E-state index contributed by atoms with van der Waals surface area (Å²) in [6.45, 7) is 0.904. The van der Waals surface area contributed by atoms with Gasteiger partial charge in [-0.25, -0.2) is 4.99 Å². The Kier molecular flexibility index (Phi) is 6.52. The molecule has 0 aliphatic carbocycles. The smallest absolute Gasteiger partial charge is 0.266 e. The molecule has 1 amide bonds. The molecule has 0 N–H and O–H groups in total. The normalized spacial score (nSPS) is 16.7. The van der Waals surface area contributed by atoms with Crippen LogP contribution in [0.4, 0.5) is 5.69 Å². The van der Waals surface area contributed by atoms with Gasteiger partial charge in [-0.05, 0) is 66.4 Å². The topological polar surface area (TPSA) is 46.8 Å². The second-order valence-electron chi connectivity index (χ2n) is 6.57. The molecule has 0 spiro atoms. The summed E-state index contributed by atoms with van der Waals surface area (Å²) in [5.41, 5.74) is 2.77. The Morgan fingerprint density at radius 2 is 1.83 bits per heavy atom. The van der Waals surface area contributed by atoms with E-state index in [9.17, 15) is 4.79 Å². The van der Waals surface area contributed by atoms with Gasteiger partial charge in [0.1, 0.15) is 0 Å². The molecule has 4 rings (SSSR count). The summed E-state index contributed by atoms with van der Waals surface area (Å²) < 4.78 is 8.27. The van der Waals surface area contributed by atoms with E-state index in [0.717, 1.165) is 21.5 Å². The Morgan fingerprint density at radius 1 is 1.07 bits per heavy atom. The maximum atomic E-state index is 13.1. The van der Waals surface area contributed by atoms with E-state index in [-0.39, 0.29) is 5.91 Å². The van der Waals surface area contributed by atoms with E-state index in [4.69, 9.17) is 4.74 Å². The highest BCUT2D eigenvalue weighted by atomic mass is 79.9. The molecular weight excluding hydrogens is 462 g/mol. The van der Waals surface area contributed by atoms with Crippen LogP contribution < -0.4 is 0 Å². The number of nitrogens with zero attached hydrogens (tertiary/aromatic N) is 3. The third-order valence-electron chi connectivity index (χ3n) is 4.55. The monoisotopic (exact) mass is 481 g/mol.